The molecule has 37 heavy (non-hydrogen) atoms. The van der Waals surface area contributed by atoms with Crippen molar-refractivity contribution in [3.63, 3.8) is 0 Å². The van der Waals surface area contributed by atoms with E-state index in [9.17, 15) is 0 Å². The van der Waals surface area contributed by atoms with Gasteiger partial charge in [-0.1, -0.05) is 86.6 Å². The van der Waals surface area contributed by atoms with Crippen molar-refractivity contribution in [2.75, 3.05) is 0 Å². The molecule has 3 aromatic carbocycles. The Morgan fingerprint density at radius 2 is 1.30 bits per heavy atom. The molecule has 0 N–H and O–H groups in total. The number of aromatic nitrogens is 4. The summed E-state index contributed by atoms with van der Waals surface area (Å²) in [6, 6.07) is 31.6. The molecule has 0 radical (unpaired) electrons. The van der Waals surface area contributed by atoms with E-state index in [-0.39, 0.29) is 5.41 Å². The normalized spacial score (nSPS) is 13.4. The first-order chi connectivity index (χ1) is 18.1. The van der Waals surface area contributed by atoms with Crippen LogP contribution in [0.4, 0.5) is 0 Å². The summed E-state index contributed by atoms with van der Waals surface area (Å²) in [7, 11) is 0. The van der Waals surface area contributed by atoms with Crippen molar-refractivity contribution in [1.82, 2.24) is 19.9 Å². The summed E-state index contributed by atoms with van der Waals surface area (Å²) in [4.78, 5) is 18.8. The third-order valence-electron chi connectivity index (χ3n) is 7.42. The molecule has 0 fully saturated rings. The summed E-state index contributed by atoms with van der Waals surface area (Å²) < 4.78 is 0. The summed E-state index contributed by atoms with van der Waals surface area (Å²) in [6.07, 6.45) is 5.37. The van der Waals surface area contributed by atoms with E-state index in [1.807, 2.05) is 24.4 Å². The molecule has 0 spiro atoms. The Balaban J connectivity index is 1.35. The minimum absolute atomic E-state index is 0.149. The van der Waals surface area contributed by atoms with Gasteiger partial charge >= 0.3 is 0 Å². The molecule has 1 aliphatic carbocycles. The van der Waals surface area contributed by atoms with Crippen LogP contribution < -0.4 is 0 Å². The van der Waals surface area contributed by atoms with E-state index in [4.69, 9.17) is 4.98 Å². The largest absolute Gasteiger partial charge is 0.255 e. The molecule has 6 aromatic rings. The summed E-state index contributed by atoms with van der Waals surface area (Å²) >= 11 is 0. The lowest BCUT2D eigenvalue weighted by atomic mass is 9.78. The molecular formula is C33H24N4. The van der Waals surface area contributed by atoms with Gasteiger partial charge in [0.25, 0.3) is 0 Å². The second-order valence-electron chi connectivity index (χ2n) is 9.98. The molecular weight excluding hydrogens is 452 g/mol. The molecule has 3 heterocycles. The molecule has 7 rings (SSSR count). The Kier molecular flexibility index (Phi) is 4.76. The smallest absolute Gasteiger partial charge is 0.107 e. The van der Waals surface area contributed by atoms with Crippen LogP contribution >= 0.6 is 0 Å². The van der Waals surface area contributed by atoms with Crippen LogP contribution in [0.3, 0.4) is 0 Å². The van der Waals surface area contributed by atoms with Crippen LogP contribution in [0.25, 0.3) is 55.9 Å². The zero-order chi connectivity index (χ0) is 25.0. The van der Waals surface area contributed by atoms with Gasteiger partial charge in [-0.05, 0) is 40.5 Å². The van der Waals surface area contributed by atoms with E-state index in [0.717, 1.165) is 33.9 Å². The van der Waals surface area contributed by atoms with Crippen LogP contribution in [0, 0.1) is 0 Å². The lowest BCUT2D eigenvalue weighted by Crippen LogP contribution is -2.16. The zero-order valence-corrected chi connectivity index (χ0v) is 20.7. The number of pyridine rings is 2. The number of nitrogens with zero attached hydrogens (tertiary/aromatic N) is 4. The van der Waals surface area contributed by atoms with Crippen LogP contribution in [-0.4, -0.2) is 19.9 Å². The molecule has 4 nitrogen and oxygen atoms in total. The first-order valence-corrected chi connectivity index (χ1v) is 12.5. The number of benzene rings is 3. The van der Waals surface area contributed by atoms with E-state index in [0.29, 0.717) is 0 Å². The quantitative estimate of drug-likeness (QED) is 0.262. The van der Waals surface area contributed by atoms with E-state index < -0.39 is 0 Å². The van der Waals surface area contributed by atoms with Gasteiger partial charge in [0, 0.05) is 28.1 Å². The summed E-state index contributed by atoms with van der Waals surface area (Å²) in [6.45, 7) is 4.62. The molecule has 0 bridgehead atoms. The van der Waals surface area contributed by atoms with Gasteiger partial charge in [0.15, 0.2) is 0 Å². The SMILES string of the molecule is CC1(C)c2ccccc2-c2nc3ccccc3c(-c3ccc(-c4cnc(-c5ccccn5)cn4)cc3)c21. The zero-order valence-electron chi connectivity index (χ0n) is 20.7. The second kappa shape index (κ2) is 8.17. The maximum Gasteiger partial charge on any atom is 0.107 e. The first kappa shape index (κ1) is 21.6. The van der Waals surface area contributed by atoms with Crippen molar-refractivity contribution in [2.24, 2.45) is 0 Å². The molecule has 0 amide bonds. The van der Waals surface area contributed by atoms with Crippen molar-refractivity contribution in [3.05, 3.63) is 121 Å². The highest BCUT2D eigenvalue weighted by atomic mass is 14.8. The van der Waals surface area contributed by atoms with Gasteiger partial charge in [-0.3, -0.25) is 15.0 Å². The maximum absolute atomic E-state index is 5.15. The van der Waals surface area contributed by atoms with Crippen molar-refractivity contribution < 1.29 is 0 Å². The van der Waals surface area contributed by atoms with Crippen LogP contribution in [-0.2, 0) is 5.41 Å². The Morgan fingerprint density at radius 1 is 0.595 bits per heavy atom. The van der Waals surface area contributed by atoms with Crippen molar-refractivity contribution in [2.45, 2.75) is 19.3 Å². The highest BCUT2D eigenvalue weighted by Crippen LogP contribution is 2.53. The number of hydrogen-bond acceptors (Lipinski definition) is 4. The van der Waals surface area contributed by atoms with Crippen molar-refractivity contribution >= 4 is 10.9 Å². The first-order valence-electron chi connectivity index (χ1n) is 12.5. The van der Waals surface area contributed by atoms with Gasteiger partial charge in [0.2, 0.25) is 0 Å². The average Bonchev–Trinajstić information content (AvgIpc) is 3.19. The Labute approximate surface area is 215 Å². The predicted octanol–water partition coefficient (Wildman–Crippen LogP) is 7.73. The standard InChI is InChI=1S/C33H24N4/c1-33(2)25-11-5-3-9-23(25)32-31(33)30(24-10-4-6-12-26(24)37-32)22-16-14-21(15-17-22)28-19-36-29(20-35-28)27-13-7-8-18-34-27/h3-20H,1-2H3. The van der Waals surface area contributed by atoms with Crippen molar-refractivity contribution in [3.8, 4) is 45.0 Å². The fourth-order valence-corrected chi connectivity index (χ4v) is 5.62. The molecule has 1 aliphatic rings. The van der Waals surface area contributed by atoms with Gasteiger partial charge in [-0.15, -0.1) is 0 Å². The van der Waals surface area contributed by atoms with Gasteiger partial charge in [0.05, 0.1) is 35.0 Å². The minimum Gasteiger partial charge on any atom is -0.255 e. The molecule has 176 valence electrons. The third-order valence-corrected chi connectivity index (χ3v) is 7.42. The molecule has 3 aromatic heterocycles. The van der Waals surface area contributed by atoms with Crippen LogP contribution in [0.5, 0.6) is 0 Å². The van der Waals surface area contributed by atoms with E-state index in [1.54, 1.807) is 12.4 Å². The van der Waals surface area contributed by atoms with E-state index in [2.05, 4.69) is 102 Å². The molecule has 4 heteroatoms. The Hall–Kier alpha value is -4.70. The summed E-state index contributed by atoms with van der Waals surface area (Å²) in [5.74, 6) is 0. The second-order valence-corrected chi connectivity index (χ2v) is 9.98. The van der Waals surface area contributed by atoms with Gasteiger partial charge < -0.3 is 0 Å². The average molecular weight is 477 g/mol. The molecule has 0 aliphatic heterocycles. The van der Waals surface area contributed by atoms with Crippen LogP contribution in [0.1, 0.15) is 25.0 Å². The fourth-order valence-electron chi connectivity index (χ4n) is 5.62. The molecule has 0 saturated heterocycles. The number of para-hydroxylation sites is 1. The lowest BCUT2D eigenvalue weighted by Gasteiger charge is -2.25. The number of rotatable bonds is 3. The summed E-state index contributed by atoms with van der Waals surface area (Å²) in [5.41, 5.74) is 11.7. The van der Waals surface area contributed by atoms with Gasteiger partial charge in [-0.2, -0.15) is 0 Å². The fraction of sp³-hybridized carbons (Fsp3) is 0.0909. The Morgan fingerprint density at radius 3 is 2.08 bits per heavy atom. The number of fused-ring (bicyclic) bond motifs is 4. The third kappa shape index (κ3) is 3.37. The van der Waals surface area contributed by atoms with Crippen LogP contribution in [0.15, 0.2) is 110 Å². The number of hydrogen-bond donors (Lipinski definition) is 0. The highest BCUT2D eigenvalue weighted by molar-refractivity contribution is 6.02. The maximum atomic E-state index is 5.15. The molecule has 0 unspecified atom stereocenters. The minimum atomic E-state index is -0.149. The van der Waals surface area contributed by atoms with E-state index >= 15 is 0 Å². The lowest BCUT2D eigenvalue weighted by molar-refractivity contribution is 0.662. The van der Waals surface area contributed by atoms with Crippen LogP contribution in [0.2, 0.25) is 0 Å². The molecule has 0 saturated carbocycles. The summed E-state index contributed by atoms with van der Waals surface area (Å²) in [5, 5.41) is 1.18. The topological polar surface area (TPSA) is 51.6 Å². The predicted molar refractivity (Wildman–Crippen MR) is 149 cm³/mol. The Bertz CT molecular complexity index is 1770. The van der Waals surface area contributed by atoms with E-state index in [1.165, 1.54) is 33.2 Å². The molecule has 0 atom stereocenters. The monoisotopic (exact) mass is 476 g/mol. The van der Waals surface area contributed by atoms with Gasteiger partial charge in [0.1, 0.15) is 5.69 Å². The van der Waals surface area contributed by atoms with Gasteiger partial charge in [-0.25, -0.2) is 4.98 Å². The van der Waals surface area contributed by atoms with Crippen molar-refractivity contribution in [1.29, 1.82) is 0 Å². The highest BCUT2D eigenvalue weighted by Gasteiger charge is 2.39.